The molecular weight excluding hydrogens is 346 g/mol. The Morgan fingerprint density at radius 2 is 1.54 bits per heavy atom. The topological polar surface area (TPSA) is 46.3 Å². The lowest BCUT2D eigenvalue weighted by Crippen LogP contribution is -1.86. The van der Waals surface area contributed by atoms with Crippen LogP contribution >= 0.6 is 11.6 Å². The number of rotatable bonds is 1. The monoisotopic (exact) mass is 359 g/mol. The predicted molar refractivity (Wildman–Crippen MR) is 106 cm³/mol. The van der Waals surface area contributed by atoms with Gasteiger partial charge in [-0.3, -0.25) is 0 Å². The van der Waals surface area contributed by atoms with Gasteiger partial charge in [0.2, 0.25) is 0 Å². The third kappa shape index (κ3) is 2.04. The normalized spacial score (nSPS) is 11.6. The zero-order valence-electron chi connectivity index (χ0n) is 14.0. The van der Waals surface area contributed by atoms with Crippen LogP contribution in [0.25, 0.3) is 43.8 Å². The molecule has 26 heavy (non-hydrogen) atoms. The summed E-state index contributed by atoms with van der Waals surface area (Å²) in [6, 6.07) is 19.1. The van der Waals surface area contributed by atoms with Crippen LogP contribution in [0.1, 0.15) is 5.56 Å². The summed E-state index contributed by atoms with van der Waals surface area (Å²) in [5.41, 5.74) is 2.77. The molecule has 0 aliphatic rings. The van der Waals surface area contributed by atoms with Crippen molar-refractivity contribution in [2.45, 2.75) is 6.92 Å². The Balaban J connectivity index is 2.06. The minimum atomic E-state index is 0.215. The van der Waals surface area contributed by atoms with E-state index in [-0.39, 0.29) is 5.75 Å². The molecule has 0 radical (unpaired) electrons. The van der Waals surface area contributed by atoms with E-state index in [4.69, 9.17) is 16.1 Å². The van der Waals surface area contributed by atoms with Crippen molar-refractivity contribution >= 4 is 44.0 Å². The number of benzene rings is 4. The summed E-state index contributed by atoms with van der Waals surface area (Å²) in [6.45, 7) is 2.09. The third-order valence-corrected chi connectivity index (χ3v) is 5.20. The van der Waals surface area contributed by atoms with Gasteiger partial charge in [-0.05, 0) is 59.0 Å². The molecule has 0 aliphatic heterocycles. The highest BCUT2D eigenvalue weighted by Gasteiger charge is 2.20. The quantitative estimate of drug-likeness (QED) is 0.349. The van der Waals surface area contributed by atoms with Crippen LogP contribution in [0, 0.1) is 6.92 Å². The van der Waals surface area contributed by atoms with Gasteiger partial charge in [-0.15, -0.1) is 0 Å². The maximum absolute atomic E-state index is 9.60. The van der Waals surface area contributed by atoms with Gasteiger partial charge in [0.05, 0.1) is 10.4 Å². The van der Waals surface area contributed by atoms with Crippen LogP contribution in [0.15, 0.2) is 65.2 Å². The Bertz CT molecular complexity index is 1300. The number of halogens is 1. The molecule has 5 aromatic rings. The molecule has 0 bridgehead atoms. The van der Waals surface area contributed by atoms with Crippen molar-refractivity contribution in [3.63, 3.8) is 0 Å². The smallest absolute Gasteiger partial charge is 0.175 e. The molecule has 4 heteroatoms. The molecule has 1 N–H and O–H groups in total. The molecule has 0 saturated heterocycles. The molecule has 5 rings (SSSR count). The first kappa shape index (κ1) is 15.2. The average molecular weight is 360 g/mol. The summed E-state index contributed by atoms with van der Waals surface area (Å²) in [4.78, 5) is 0. The van der Waals surface area contributed by atoms with Crippen LogP contribution < -0.4 is 0 Å². The fourth-order valence-electron chi connectivity index (χ4n) is 3.72. The van der Waals surface area contributed by atoms with Gasteiger partial charge in [0.15, 0.2) is 5.76 Å². The molecule has 0 amide bonds. The lowest BCUT2D eigenvalue weighted by atomic mass is 9.93. The second-order valence-corrected chi connectivity index (χ2v) is 6.85. The van der Waals surface area contributed by atoms with E-state index in [0.717, 1.165) is 43.6 Å². The summed E-state index contributed by atoms with van der Waals surface area (Å²) >= 11 is 6.54. The number of hydrogen-bond acceptors (Lipinski definition) is 3. The number of aromatic hydroxyl groups is 1. The van der Waals surface area contributed by atoms with E-state index >= 15 is 0 Å². The maximum Gasteiger partial charge on any atom is 0.175 e. The Hall–Kier alpha value is -3.04. The highest BCUT2D eigenvalue weighted by atomic mass is 35.5. The second-order valence-electron chi connectivity index (χ2n) is 6.44. The van der Waals surface area contributed by atoms with Gasteiger partial charge in [0, 0.05) is 10.9 Å². The first-order valence-corrected chi connectivity index (χ1v) is 8.71. The van der Waals surface area contributed by atoms with Gasteiger partial charge >= 0.3 is 0 Å². The van der Waals surface area contributed by atoms with Crippen LogP contribution in [0.3, 0.4) is 0 Å². The van der Waals surface area contributed by atoms with E-state index < -0.39 is 0 Å². The molecule has 0 aliphatic carbocycles. The van der Waals surface area contributed by atoms with Crippen molar-refractivity contribution in [3.8, 4) is 17.1 Å². The van der Waals surface area contributed by atoms with Gasteiger partial charge in [-0.2, -0.15) is 0 Å². The van der Waals surface area contributed by atoms with Crippen molar-refractivity contribution in [3.05, 3.63) is 71.2 Å². The van der Waals surface area contributed by atoms with Crippen LogP contribution in [-0.2, 0) is 0 Å². The van der Waals surface area contributed by atoms with Gasteiger partial charge in [0.25, 0.3) is 0 Å². The van der Waals surface area contributed by atoms with Crippen molar-refractivity contribution in [2.75, 3.05) is 0 Å². The Morgan fingerprint density at radius 1 is 0.846 bits per heavy atom. The highest BCUT2D eigenvalue weighted by molar-refractivity contribution is 6.40. The Kier molecular flexibility index (Phi) is 3.21. The second kappa shape index (κ2) is 5.48. The third-order valence-electron chi connectivity index (χ3n) is 4.88. The number of nitrogens with zero attached hydrogens (tertiary/aromatic N) is 1. The van der Waals surface area contributed by atoms with Crippen LogP contribution in [-0.4, -0.2) is 10.3 Å². The van der Waals surface area contributed by atoms with E-state index in [0.29, 0.717) is 10.8 Å². The van der Waals surface area contributed by atoms with Crippen molar-refractivity contribution in [1.29, 1.82) is 0 Å². The zero-order chi connectivity index (χ0) is 17.8. The summed E-state index contributed by atoms with van der Waals surface area (Å²) in [6.07, 6.45) is 0. The Morgan fingerprint density at radius 3 is 2.31 bits per heavy atom. The molecule has 0 atom stereocenters. The fourth-order valence-corrected chi connectivity index (χ4v) is 3.98. The van der Waals surface area contributed by atoms with Crippen molar-refractivity contribution < 1.29 is 9.63 Å². The molecule has 0 fully saturated rings. The molecule has 1 heterocycles. The van der Waals surface area contributed by atoms with E-state index in [9.17, 15) is 5.11 Å². The van der Waals surface area contributed by atoms with Gasteiger partial charge < -0.3 is 9.63 Å². The molecule has 126 valence electrons. The van der Waals surface area contributed by atoms with Crippen LogP contribution in [0.4, 0.5) is 0 Å². The molecular formula is C22H14ClNO2. The molecule has 0 saturated carbocycles. The molecule has 3 nitrogen and oxygen atoms in total. The van der Waals surface area contributed by atoms with Gasteiger partial charge in [0.1, 0.15) is 11.3 Å². The van der Waals surface area contributed by atoms with E-state index in [1.165, 1.54) is 0 Å². The van der Waals surface area contributed by atoms with Gasteiger partial charge in [-0.25, -0.2) is 0 Å². The first-order valence-electron chi connectivity index (χ1n) is 8.33. The predicted octanol–water partition coefficient (Wildman–Crippen LogP) is 6.47. The number of hydrogen-bond donors (Lipinski definition) is 1. The molecule has 0 unspecified atom stereocenters. The molecule has 4 aromatic carbocycles. The van der Waals surface area contributed by atoms with Gasteiger partial charge in [-0.1, -0.05) is 47.1 Å². The number of phenolic OH excluding ortho intramolecular Hbond substituents is 1. The molecule has 0 spiro atoms. The number of phenols is 1. The molecule has 1 aromatic heterocycles. The van der Waals surface area contributed by atoms with E-state index in [2.05, 4.69) is 36.3 Å². The average Bonchev–Trinajstić information content (AvgIpc) is 3.07. The van der Waals surface area contributed by atoms with E-state index in [1.54, 1.807) is 12.1 Å². The largest absolute Gasteiger partial charge is 0.508 e. The lowest BCUT2D eigenvalue weighted by molar-refractivity contribution is 0.441. The minimum absolute atomic E-state index is 0.215. The maximum atomic E-state index is 9.60. The van der Waals surface area contributed by atoms with Crippen molar-refractivity contribution in [2.24, 2.45) is 0 Å². The number of aromatic nitrogens is 1. The lowest BCUT2D eigenvalue weighted by Gasteiger charge is -2.10. The SMILES string of the molecule is Cc1cccc2c3cccc(Cl)c3c3noc(-c4ccc(O)cc4)c3c12. The minimum Gasteiger partial charge on any atom is -0.508 e. The zero-order valence-corrected chi connectivity index (χ0v) is 14.7. The summed E-state index contributed by atoms with van der Waals surface area (Å²) in [5.74, 6) is 0.897. The van der Waals surface area contributed by atoms with Crippen LogP contribution in [0.5, 0.6) is 5.75 Å². The van der Waals surface area contributed by atoms with Crippen molar-refractivity contribution in [1.82, 2.24) is 5.16 Å². The standard InChI is InChI=1S/C22H14ClNO2/c1-12-4-2-5-15-16-6-3-7-17(23)19(16)21-20(18(12)15)22(26-24-21)13-8-10-14(25)11-9-13/h2-11,25H,1H3. The van der Waals surface area contributed by atoms with E-state index in [1.807, 2.05) is 24.3 Å². The first-order chi connectivity index (χ1) is 12.6. The summed E-state index contributed by atoms with van der Waals surface area (Å²) < 4.78 is 5.78. The Labute approximate surface area is 154 Å². The summed E-state index contributed by atoms with van der Waals surface area (Å²) in [5, 5.41) is 19.8. The fraction of sp³-hybridized carbons (Fsp3) is 0.0455. The van der Waals surface area contributed by atoms with Crippen LogP contribution in [0.2, 0.25) is 5.02 Å². The highest BCUT2D eigenvalue weighted by Crippen LogP contribution is 2.43. The summed E-state index contributed by atoms with van der Waals surface area (Å²) in [7, 11) is 0. The number of aryl methyl sites for hydroxylation is 1. The number of fused-ring (bicyclic) bond motifs is 6.